The van der Waals surface area contributed by atoms with Crippen molar-refractivity contribution in [3.8, 4) is 11.3 Å². The normalized spacial score (nSPS) is 11.0. The molecule has 1 aromatic carbocycles. The molecule has 3 heterocycles. The summed E-state index contributed by atoms with van der Waals surface area (Å²) >= 11 is 2.92. The van der Waals surface area contributed by atoms with Crippen LogP contribution in [0.3, 0.4) is 0 Å². The highest BCUT2D eigenvalue weighted by Gasteiger charge is 2.15. The number of benzene rings is 1. The van der Waals surface area contributed by atoms with Crippen molar-refractivity contribution in [2.75, 3.05) is 5.32 Å². The van der Waals surface area contributed by atoms with E-state index in [4.69, 9.17) is 0 Å². The molecule has 1 amide bonds. The minimum absolute atomic E-state index is 0.239. The number of amides is 1. The van der Waals surface area contributed by atoms with Crippen LogP contribution >= 0.6 is 22.7 Å². The van der Waals surface area contributed by atoms with Gasteiger partial charge in [0.05, 0.1) is 16.4 Å². The second kappa shape index (κ2) is 7.65. The van der Waals surface area contributed by atoms with E-state index in [1.54, 1.807) is 35.7 Å². The molecule has 142 valence electrons. The van der Waals surface area contributed by atoms with Crippen molar-refractivity contribution in [3.05, 3.63) is 74.6 Å². The van der Waals surface area contributed by atoms with Crippen LogP contribution < -0.4 is 5.32 Å². The summed E-state index contributed by atoms with van der Waals surface area (Å²) in [7, 11) is 0. The molecular formula is C20H17FN4OS2. The molecule has 0 radical (unpaired) electrons. The Morgan fingerprint density at radius 2 is 2.07 bits per heavy atom. The molecule has 8 heteroatoms. The number of carbonyl (C=O) groups excluding carboxylic acids is 1. The topological polar surface area (TPSA) is 70.7 Å². The van der Waals surface area contributed by atoms with Gasteiger partial charge in [0.15, 0.2) is 5.13 Å². The van der Waals surface area contributed by atoms with Gasteiger partial charge in [0.1, 0.15) is 11.5 Å². The van der Waals surface area contributed by atoms with Gasteiger partial charge in [0.25, 0.3) is 5.91 Å². The molecule has 4 aromatic rings. The fourth-order valence-corrected chi connectivity index (χ4v) is 4.40. The Labute approximate surface area is 169 Å². The predicted molar refractivity (Wildman–Crippen MR) is 111 cm³/mol. The van der Waals surface area contributed by atoms with E-state index in [2.05, 4.69) is 20.3 Å². The monoisotopic (exact) mass is 412 g/mol. The fraction of sp³-hybridized carbons (Fsp3) is 0.150. The molecule has 4 rings (SSSR count). The molecule has 0 saturated heterocycles. The summed E-state index contributed by atoms with van der Waals surface area (Å²) in [5.41, 5.74) is 3.54. The van der Waals surface area contributed by atoms with E-state index in [0.717, 1.165) is 26.8 Å². The maximum atomic E-state index is 13.9. The third kappa shape index (κ3) is 3.88. The predicted octanol–water partition coefficient (Wildman–Crippen LogP) is 5.19. The van der Waals surface area contributed by atoms with Crippen LogP contribution in [0.5, 0.6) is 0 Å². The molecule has 5 nitrogen and oxygen atoms in total. The van der Waals surface area contributed by atoms with Gasteiger partial charge in [-0.05, 0) is 31.5 Å². The van der Waals surface area contributed by atoms with E-state index in [-0.39, 0.29) is 11.7 Å². The zero-order valence-corrected chi connectivity index (χ0v) is 16.9. The van der Waals surface area contributed by atoms with Gasteiger partial charge in [0.2, 0.25) is 0 Å². The van der Waals surface area contributed by atoms with Crippen LogP contribution in [0.15, 0.2) is 41.9 Å². The number of aryl methyl sites for hydroxylation is 2. The summed E-state index contributed by atoms with van der Waals surface area (Å²) < 4.78 is 13.9. The van der Waals surface area contributed by atoms with Crippen LogP contribution in [-0.4, -0.2) is 20.9 Å². The molecule has 0 spiro atoms. The molecular weight excluding hydrogens is 395 g/mol. The molecule has 0 aliphatic rings. The Kier molecular flexibility index (Phi) is 5.06. The SMILES string of the molecule is Cc1nc(-c2c[nH]c(C(=O)Nc3nc(C)c(Cc4ccccc4F)s3)c2)cs1. The fourth-order valence-electron chi connectivity index (χ4n) is 2.79. The number of aromatic amines is 1. The van der Waals surface area contributed by atoms with Crippen molar-refractivity contribution >= 4 is 33.7 Å². The highest BCUT2D eigenvalue weighted by atomic mass is 32.1. The Balaban J connectivity index is 1.48. The highest BCUT2D eigenvalue weighted by molar-refractivity contribution is 7.15. The molecule has 3 aromatic heterocycles. The molecule has 0 bridgehead atoms. The lowest BCUT2D eigenvalue weighted by molar-refractivity contribution is 0.102. The molecule has 0 aliphatic heterocycles. The quantitative estimate of drug-likeness (QED) is 0.474. The van der Waals surface area contributed by atoms with Crippen LogP contribution in [0.25, 0.3) is 11.3 Å². The summed E-state index contributed by atoms with van der Waals surface area (Å²) in [5, 5.41) is 6.24. The molecule has 0 saturated carbocycles. The van der Waals surface area contributed by atoms with E-state index < -0.39 is 0 Å². The van der Waals surface area contributed by atoms with E-state index in [1.165, 1.54) is 17.4 Å². The first-order valence-electron chi connectivity index (χ1n) is 8.61. The Morgan fingerprint density at radius 3 is 2.82 bits per heavy atom. The average Bonchev–Trinajstić information content (AvgIpc) is 3.38. The molecule has 0 fully saturated rings. The number of aromatic nitrogens is 3. The van der Waals surface area contributed by atoms with Gasteiger partial charge in [0, 0.05) is 28.4 Å². The summed E-state index contributed by atoms with van der Waals surface area (Å²) in [6.45, 7) is 3.80. The van der Waals surface area contributed by atoms with E-state index in [0.29, 0.717) is 22.8 Å². The van der Waals surface area contributed by atoms with Crippen LogP contribution in [0, 0.1) is 19.7 Å². The van der Waals surface area contributed by atoms with Gasteiger partial charge in [-0.15, -0.1) is 22.7 Å². The van der Waals surface area contributed by atoms with Crippen LogP contribution in [0.1, 0.15) is 31.6 Å². The van der Waals surface area contributed by atoms with Gasteiger partial charge in [-0.25, -0.2) is 14.4 Å². The number of rotatable bonds is 5. The van der Waals surface area contributed by atoms with Gasteiger partial charge < -0.3 is 4.98 Å². The average molecular weight is 413 g/mol. The van der Waals surface area contributed by atoms with E-state index in [1.807, 2.05) is 25.3 Å². The van der Waals surface area contributed by atoms with Crippen LogP contribution in [0.2, 0.25) is 0 Å². The lowest BCUT2D eigenvalue weighted by Gasteiger charge is -2.01. The zero-order valence-electron chi connectivity index (χ0n) is 15.2. The van der Waals surface area contributed by atoms with Crippen molar-refractivity contribution in [2.24, 2.45) is 0 Å². The number of nitrogens with one attached hydrogen (secondary N) is 2. The first-order chi connectivity index (χ1) is 13.5. The lowest BCUT2D eigenvalue weighted by atomic mass is 10.1. The molecule has 2 N–H and O–H groups in total. The maximum Gasteiger partial charge on any atom is 0.273 e. The second-order valence-corrected chi connectivity index (χ2v) is 8.45. The molecule has 0 unspecified atom stereocenters. The first kappa shape index (κ1) is 18.5. The number of hydrogen-bond acceptors (Lipinski definition) is 5. The van der Waals surface area contributed by atoms with Crippen molar-refractivity contribution < 1.29 is 9.18 Å². The standard InChI is InChI=1S/C20H17FN4OS2/c1-11-18(8-13-5-3-4-6-15(13)21)28-20(23-11)25-19(26)16-7-14(9-22-16)17-10-27-12(2)24-17/h3-7,9-10,22H,8H2,1-2H3,(H,23,25,26). The number of carbonyl (C=O) groups is 1. The van der Waals surface area contributed by atoms with Crippen molar-refractivity contribution in [1.29, 1.82) is 0 Å². The largest absolute Gasteiger partial charge is 0.357 e. The van der Waals surface area contributed by atoms with Crippen LogP contribution in [0.4, 0.5) is 9.52 Å². The summed E-state index contributed by atoms with van der Waals surface area (Å²) in [6, 6.07) is 8.45. The molecule has 28 heavy (non-hydrogen) atoms. The van der Waals surface area contributed by atoms with Crippen molar-refractivity contribution in [3.63, 3.8) is 0 Å². The lowest BCUT2D eigenvalue weighted by Crippen LogP contribution is -2.11. The Bertz CT molecular complexity index is 1140. The minimum Gasteiger partial charge on any atom is -0.357 e. The summed E-state index contributed by atoms with van der Waals surface area (Å²) in [5.74, 6) is -0.513. The Hall–Kier alpha value is -2.84. The number of halogens is 1. The number of anilines is 1. The third-order valence-electron chi connectivity index (χ3n) is 4.26. The second-order valence-electron chi connectivity index (χ2n) is 6.30. The Morgan fingerprint density at radius 1 is 1.25 bits per heavy atom. The van der Waals surface area contributed by atoms with Gasteiger partial charge in [-0.1, -0.05) is 18.2 Å². The van der Waals surface area contributed by atoms with E-state index in [9.17, 15) is 9.18 Å². The number of thiazole rings is 2. The minimum atomic E-state index is -0.274. The third-order valence-corrected chi connectivity index (χ3v) is 6.11. The van der Waals surface area contributed by atoms with Crippen molar-refractivity contribution in [1.82, 2.24) is 15.0 Å². The van der Waals surface area contributed by atoms with Gasteiger partial charge >= 0.3 is 0 Å². The zero-order chi connectivity index (χ0) is 19.7. The maximum absolute atomic E-state index is 13.9. The molecule has 0 atom stereocenters. The van der Waals surface area contributed by atoms with Gasteiger partial charge in [-0.3, -0.25) is 10.1 Å². The highest BCUT2D eigenvalue weighted by Crippen LogP contribution is 2.27. The van der Waals surface area contributed by atoms with Crippen molar-refractivity contribution in [2.45, 2.75) is 20.3 Å². The van der Waals surface area contributed by atoms with E-state index >= 15 is 0 Å². The van der Waals surface area contributed by atoms with Crippen LogP contribution in [-0.2, 0) is 6.42 Å². The number of H-pyrrole nitrogens is 1. The summed E-state index contributed by atoms with van der Waals surface area (Å²) in [4.78, 5) is 25.3. The smallest absolute Gasteiger partial charge is 0.273 e. The number of hydrogen-bond donors (Lipinski definition) is 2. The number of nitrogens with zero attached hydrogens (tertiary/aromatic N) is 2. The summed E-state index contributed by atoms with van der Waals surface area (Å²) in [6.07, 6.45) is 2.21. The molecule has 0 aliphatic carbocycles. The first-order valence-corrected chi connectivity index (χ1v) is 10.3. The van der Waals surface area contributed by atoms with Gasteiger partial charge in [-0.2, -0.15) is 0 Å².